The molecule has 0 aliphatic heterocycles. The Balaban J connectivity index is 2.58. The van der Waals surface area contributed by atoms with Crippen molar-refractivity contribution in [2.75, 3.05) is 0 Å². The number of aromatic nitrogens is 2. The van der Waals surface area contributed by atoms with Crippen LogP contribution in [0.15, 0.2) is 24.3 Å². The van der Waals surface area contributed by atoms with Gasteiger partial charge in [-0.3, -0.25) is 0 Å². The molecule has 0 amide bonds. The third kappa shape index (κ3) is 1.67. The largest absolute Gasteiger partial charge is 0.301 e. The SMILES string of the molecule is Cc1ccc(-n2c(C)nc(C)c2C)cc1. The summed E-state index contributed by atoms with van der Waals surface area (Å²) in [4.78, 5) is 4.47. The van der Waals surface area contributed by atoms with Crippen molar-refractivity contribution in [3.63, 3.8) is 0 Å². The van der Waals surface area contributed by atoms with Gasteiger partial charge in [-0.25, -0.2) is 4.98 Å². The monoisotopic (exact) mass is 200 g/mol. The predicted octanol–water partition coefficient (Wildman–Crippen LogP) is 3.11. The first-order chi connectivity index (χ1) is 7.09. The summed E-state index contributed by atoms with van der Waals surface area (Å²) >= 11 is 0. The van der Waals surface area contributed by atoms with Gasteiger partial charge in [0.05, 0.1) is 5.69 Å². The molecule has 2 nitrogen and oxygen atoms in total. The molecule has 0 aliphatic rings. The number of hydrogen-bond acceptors (Lipinski definition) is 1. The topological polar surface area (TPSA) is 17.8 Å². The van der Waals surface area contributed by atoms with Crippen LogP contribution in [-0.2, 0) is 0 Å². The molecule has 0 bridgehead atoms. The molecular formula is C13H16N2. The van der Waals surface area contributed by atoms with Crippen LogP contribution in [0.5, 0.6) is 0 Å². The standard InChI is InChI=1S/C13H16N2/c1-9-5-7-13(8-6-9)15-11(3)10(2)14-12(15)4/h5-8H,1-4H3. The Bertz CT molecular complexity index is 478. The number of benzene rings is 1. The van der Waals surface area contributed by atoms with Crippen molar-refractivity contribution in [1.29, 1.82) is 0 Å². The molecule has 0 atom stereocenters. The second-order valence-corrected chi connectivity index (χ2v) is 4.00. The minimum atomic E-state index is 1.05. The highest BCUT2D eigenvalue weighted by molar-refractivity contribution is 5.38. The van der Waals surface area contributed by atoms with Crippen LogP contribution in [-0.4, -0.2) is 9.55 Å². The van der Waals surface area contributed by atoms with Crippen molar-refractivity contribution in [1.82, 2.24) is 9.55 Å². The Morgan fingerprint density at radius 2 is 1.53 bits per heavy atom. The Kier molecular flexibility index (Phi) is 2.35. The van der Waals surface area contributed by atoms with Gasteiger partial charge in [0.1, 0.15) is 5.82 Å². The molecule has 0 fully saturated rings. The molecular weight excluding hydrogens is 184 g/mol. The first kappa shape index (κ1) is 9.97. The molecule has 2 aromatic rings. The summed E-state index contributed by atoms with van der Waals surface area (Å²) in [5, 5.41) is 0. The highest BCUT2D eigenvalue weighted by atomic mass is 15.1. The van der Waals surface area contributed by atoms with Crippen molar-refractivity contribution < 1.29 is 0 Å². The van der Waals surface area contributed by atoms with Gasteiger partial charge in [0, 0.05) is 11.4 Å². The van der Waals surface area contributed by atoms with Crippen LogP contribution in [0.1, 0.15) is 22.8 Å². The van der Waals surface area contributed by atoms with E-state index in [0.717, 1.165) is 11.5 Å². The quantitative estimate of drug-likeness (QED) is 0.691. The lowest BCUT2D eigenvalue weighted by Crippen LogP contribution is -1.99. The van der Waals surface area contributed by atoms with Gasteiger partial charge in [0.25, 0.3) is 0 Å². The Morgan fingerprint density at radius 1 is 0.933 bits per heavy atom. The van der Waals surface area contributed by atoms with Crippen LogP contribution in [0, 0.1) is 27.7 Å². The van der Waals surface area contributed by atoms with Crippen LogP contribution >= 0.6 is 0 Å². The van der Waals surface area contributed by atoms with Crippen LogP contribution in [0.2, 0.25) is 0 Å². The third-order valence-electron chi connectivity index (χ3n) is 2.80. The third-order valence-corrected chi connectivity index (χ3v) is 2.80. The van der Waals surface area contributed by atoms with Gasteiger partial charge in [0.15, 0.2) is 0 Å². The summed E-state index contributed by atoms with van der Waals surface area (Å²) in [6.07, 6.45) is 0. The van der Waals surface area contributed by atoms with Crippen LogP contribution in [0.25, 0.3) is 5.69 Å². The molecule has 1 aromatic carbocycles. The lowest BCUT2D eigenvalue weighted by atomic mass is 10.2. The fourth-order valence-electron chi connectivity index (χ4n) is 1.85. The van der Waals surface area contributed by atoms with Crippen molar-refractivity contribution in [2.45, 2.75) is 27.7 Å². The van der Waals surface area contributed by atoms with E-state index in [2.05, 4.69) is 47.7 Å². The summed E-state index contributed by atoms with van der Waals surface area (Å²) in [6.45, 7) is 8.30. The molecule has 0 N–H and O–H groups in total. The normalized spacial score (nSPS) is 10.7. The number of rotatable bonds is 1. The van der Waals surface area contributed by atoms with Crippen molar-refractivity contribution in [3.8, 4) is 5.69 Å². The fourth-order valence-corrected chi connectivity index (χ4v) is 1.85. The van der Waals surface area contributed by atoms with E-state index in [1.54, 1.807) is 0 Å². The zero-order valence-corrected chi connectivity index (χ0v) is 9.70. The molecule has 1 aromatic heterocycles. The second kappa shape index (κ2) is 3.54. The maximum atomic E-state index is 4.47. The van der Waals surface area contributed by atoms with Gasteiger partial charge in [-0.15, -0.1) is 0 Å². The van der Waals surface area contributed by atoms with E-state index >= 15 is 0 Å². The van der Waals surface area contributed by atoms with Gasteiger partial charge < -0.3 is 4.57 Å². The summed E-state index contributed by atoms with van der Waals surface area (Å²) < 4.78 is 2.19. The van der Waals surface area contributed by atoms with Crippen LogP contribution in [0.3, 0.4) is 0 Å². The fraction of sp³-hybridized carbons (Fsp3) is 0.308. The summed E-state index contributed by atoms with van der Waals surface area (Å²) in [7, 11) is 0. The van der Waals surface area contributed by atoms with Crippen LogP contribution in [0.4, 0.5) is 0 Å². The minimum Gasteiger partial charge on any atom is -0.301 e. The van der Waals surface area contributed by atoms with Crippen LogP contribution < -0.4 is 0 Å². The predicted molar refractivity (Wildman–Crippen MR) is 62.5 cm³/mol. The zero-order chi connectivity index (χ0) is 11.0. The van der Waals surface area contributed by atoms with E-state index in [4.69, 9.17) is 0 Å². The van der Waals surface area contributed by atoms with E-state index in [9.17, 15) is 0 Å². The van der Waals surface area contributed by atoms with Crippen molar-refractivity contribution in [2.24, 2.45) is 0 Å². The molecule has 0 unspecified atom stereocenters. The highest BCUT2D eigenvalue weighted by Crippen LogP contribution is 2.17. The maximum absolute atomic E-state index is 4.47. The molecule has 0 radical (unpaired) electrons. The Labute approximate surface area is 90.6 Å². The molecule has 2 heteroatoms. The molecule has 2 rings (SSSR count). The molecule has 0 aliphatic carbocycles. The van der Waals surface area contributed by atoms with E-state index in [0.29, 0.717) is 0 Å². The zero-order valence-electron chi connectivity index (χ0n) is 9.70. The average molecular weight is 200 g/mol. The Morgan fingerprint density at radius 3 is 2.00 bits per heavy atom. The van der Waals surface area contributed by atoms with Gasteiger partial charge in [-0.05, 0) is 39.8 Å². The molecule has 78 valence electrons. The summed E-state index contributed by atoms with van der Waals surface area (Å²) in [5.41, 5.74) is 4.80. The minimum absolute atomic E-state index is 1.05. The molecule has 0 spiro atoms. The first-order valence-corrected chi connectivity index (χ1v) is 5.19. The van der Waals surface area contributed by atoms with Crippen molar-refractivity contribution in [3.05, 3.63) is 47.0 Å². The average Bonchev–Trinajstić information content (AvgIpc) is 2.44. The number of imidazole rings is 1. The number of aryl methyl sites for hydroxylation is 3. The van der Waals surface area contributed by atoms with Gasteiger partial charge >= 0.3 is 0 Å². The van der Waals surface area contributed by atoms with Gasteiger partial charge in [-0.2, -0.15) is 0 Å². The molecule has 1 heterocycles. The lowest BCUT2D eigenvalue weighted by Gasteiger charge is -2.08. The second-order valence-electron chi connectivity index (χ2n) is 4.00. The van der Waals surface area contributed by atoms with Crippen molar-refractivity contribution >= 4 is 0 Å². The van der Waals surface area contributed by atoms with Gasteiger partial charge in [0.2, 0.25) is 0 Å². The highest BCUT2D eigenvalue weighted by Gasteiger charge is 2.08. The molecule has 0 saturated heterocycles. The summed E-state index contributed by atoms with van der Waals surface area (Å²) in [6, 6.07) is 8.53. The maximum Gasteiger partial charge on any atom is 0.110 e. The number of nitrogens with zero attached hydrogens (tertiary/aromatic N) is 2. The van der Waals surface area contributed by atoms with E-state index in [-0.39, 0.29) is 0 Å². The smallest absolute Gasteiger partial charge is 0.110 e. The number of hydrogen-bond donors (Lipinski definition) is 0. The van der Waals surface area contributed by atoms with E-state index in [1.165, 1.54) is 16.9 Å². The lowest BCUT2D eigenvalue weighted by molar-refractivity contribution is 0.940. The van der Waals surface area contributed by atoms with Gasteiger partial charge in [-0.1, -0.05) is 17.7 Å². The Hall–Kier alpha value is -1.57. The first-order valence-electron chi connectivity index (χ1n) is 5.19. The molecule has 15 heavy (non-hydrogen) atoms. The molecule has 0 saturated carbocycles. The van der Waals surface area contributed by atoms with E-state index in [1.807, 2.05) is 13.8 Å². The summed E-state index contributed by atoms with van der Waals surface area (Å²) in [5.74, 6) is 1.05. The van der Waals surface area contributed by atoms with E-state index < -0.39 is 0 Å².